The molecule has 1 N–H and O–H groups in total. The van der Waals surface area contributed by atoms with Crippen molar-refractivity contribution in [2.75, 3.05) is 24.2 Å². The molecule has 1 aliphatic carbocycles. The van der Waals surface area contributed by atoms with Gasteiger partial charge in [-0.2, -0.15) is 5.10 Å². The Hall–Kier alpha value is -2.73. The zero-order valence-electron chi connectivity index (χ0n) is 16.7. The highest BCUT2D eigenvalue weighted by Crippen LogP contribution is 2.47. The average Bonchev–Trinajstić information content (AvgIpc) is 3.16. The van der Waals surface area contributed by atoms with Crippen molar-refractivity contribution in [3.05, 3.63) is 36.4 Å². The minimum absolute atomic E-state index is 0.201. The van der Waals surface area contributed by atoms with Crippen LogP contribution in [-0.4, -0.2) is 57.9 Å². The molecule has 1 saturated heterocycles. The maximum Gasteiger partial charge on any atom is 0.282 e. The van der Waals surface area contributed by atoms with Crippen LogP contribution in [0.25, 0.3) is 17.0 Å². The number of sulfonamides is 1. The van der Waals surface area contributed by atoms with Gasteiger partial charge in [-0.1, -0.05) is 0 Å². The van der Waals surface area contributed by atoms with E-state index in [1.165, 1.54) is 29.2 Å². The van der Waals surface area contributed by atoms with Gasteiger partial charge in [-0.25, -0.2) is 41.4 Å². The molecule has 1 saturated carbocycles. The summed E-state index contributed by atoms with van der Waals surface area (Å²) in [6, 6.07) is 4.53. The Labute approximate surface area is 177 Å². The molecule has 1 unspecified atom stereocenters. The Morgan fingerprint density at radius 1 is 1.23 bits per heavy atom. The standard InChI is InChI=1S/C19H21F2N7O2S/c1-31(29,30)26-19(5-6-19)12-4-7-27(10-12)17-8-14(23-11-24-17)15-9-22-16-3-2-13(18(20)21)25-28(15)16/h2-3,8-9,11-12,18,26H,4-7,10H2,1H3. The number of halogens is 2. The van der Waals surface area contributed by atoms with Crippen LogP contribution in [0, 0.1) is 5.92 Å². The molecule has 2 aliphatic rings. The SMILES string of the molecule is CS(=O)(=O)NC1(C2CCN(c3cc(-c4cnc5ccc(C(F)F)nn45)ncn3)C2)CC1. The van der Waals surface area contributed by atoms with Crippen LogP contribution >= 0.6 is 0 Å². The molecule has 9 nitrogen and oxygen atoms in total. The molecule has 2 fully saturated rings. The molecule has 12 heteroatoms. The lowest BCUT2D eigenvalue weighted by molar-refractivity contribution is 0.144. The van der Waals surface area contributed by atoms with Gasteiger partial charge in [0.25, 0.3) is 6.43 Å². The highest BCUT2D eigenvalue weighted by atomic mass is 32.2. The van der Waals surface area contributed by atoms with Crippen molar-refractivity contribution >= 4 is 21.5 Å². The topological polar surface area (TPSA) is 105 Å². The second-order valence-corrected chi connectivity index (χ2v) is 9.94. The molecule has 0 radical (unpaired) electrons. The normalized spacial score (nSPS) is 20.6. The molecule has 3 aromatic heterocycles. The molecule has 0 bridgehead atoms. The largest absolute Gasteiger partial charge is 0.356 e. The molecule has 1 atom stereocenters. The average molecular weight is 449 g/mol. The predicted molar refractivity (Wildman–Crippen MR) is 109 cm³/mol. The molecule has 0 amide bonds. The number of hydrogen-bond acceptors (Lipinski definition) is 7. The van der Waals surface area contributed by atoms with E-state index in [2.05, 4.69) is 29.7 Å². The molecule has 31 heavy (non-hydrogen) atoms. The Kier molecular flexibility index (Phi) is 4.66. The summed E-state index contributed by atoms with van der Waals surface area (Å²) in [5.41, 5.74) is 0.777. The summed E-state index contributed by atoms with van der Waals surface area (Å²) in [7, 11) is -3.27. The van der Waals surface area contributed by atoms with Crippen LogP contribution in [0.4, 0.5) is 14.6 Å². The van der Waals surface area contributed by atoms with Crippen LogP contribution < -0.4 is 9.62 Å². The van der Waals surface area contributed by atoms with Gasteiger partial charge in [0.2, 0.25) is 10.0 Å². The van der Waals surface area contributed by atoms with Crippen LogP contribution in [0.5, 0.6) is 0 Å². The third kappa shape index (κ3) is 3.85. The van der Waals surface area contributed by atoms with Crippen molar-refractivity contribution in [3.8, 4) is 11.4 Å². The first-order valence-electron chi connectivity index (χ1n) is 9.93. The van der Waals surface area contributed by atoms with E-state index in [4.69, 9.17) is 0 Å². The quantitative estimate of drug-likeness (QED) is 0.614. The smallest absolute Gasteiger partial charge is 0.282 e. The Morgan fingerprint density at radius 3 is 2.74 bits per heavy atom. The summed E-state index contributed by atoms with van der Waals surface area (Å²) in [5.74, 6) is 0.898. The van der Waals surface area contributed by atoms with Gasteiger partial charge in [0.05, 0.1) is 18.1 Å². The van der Waals surface area contributed by atoms with Crippen molar-refractivity contribution in [1.29, 1.82) is 0 Å². The summed E-state index contributed by atoms with van der Waals surface area (Å²) >= 11 is 0. The number of hydrogen-bond donors (Lipinski definition) is 1. The fraction of sp³-hybridized carbons (Fsp3) is 0.474. The number of alkyl halides is 2. The number of nitrogens with zero attached hydrogens (tertiary/aromatic N) is 6. The van der Waals surface area contributed by atoms with Gasteiger partial charge >= 0.3 is 0 Å². The van der Waals surface area contributed by atoms with E-state index in [1.54, 1.807) is 12.3 Å². The molecule has 0 aromatic carbocycles. The minimum Gasteiger partial charge on any atom is -0.356 e. The summed E-state index contributed by atoms with van der Waals surface area (Å²) in [4.78, 5) is 15.0. The first-order chi connectivity index (χ1) is 14.7. The third-order valence-corrected chi connectivity index (χ3v) is 6.77. The lowest BCUT2D eigenvalue weighted by Crippen LogP contribution is -2.43. The Morgan fingerprint density at radius 2 is 2.03 bits per heavy atom. The second kappa shape index (κ2) is 7.16. The molecular weight excluding hydrogens is 428 g/mol. The van der Waals surface area contributed by atoms with E-state index >= 15 is 0 Å². The van der Waals surface area contributed by atoms with E-state index in [1.807, 2.05) is 0 Å². The summed E-state index contributed by atoms with van der Waals surface area (Å²) in [5, 5.41) is 3.99. The van der Waals surface area contributed by atoms with Crippen molar-refractivity contribution in [3.63, 3.8) is 0 Å². The second-order valence-electron chi connectivity index (χ2n) is 8.20. The Balaban J connectivity index is 1.41. The van der Waals surface area contributed by atoms with Crippen LogP contribution in [0.2, 0.25) is 0 Å². The Bertz CT molecular complexity index is 1240. The number of imidazole rings is 1. The number of nitrogens with one attached hydrogen (secondary N) is 1. The fourth-order valence-corrected chi connectivity index (χ4v) is 5.46. The zero-order chi connectivity index (χ0) is 21.8. The molecule has 5 rings (SSSR count). The molecule has 0 spiro atoms. The molecule has 3 aromatic rings. The lowest BCUT2D eigenvalue weighted by atomic mass is 9.97. The molecule has 1 aliphatic heterocycles. The fourth-order valence-electron chi connectivity index (χ4n) is 4.36. The van der Waals surface area contributed by atoms with Crippen molar-refractivity contribution in [2.24, 2.45) is 5.92 Å². The van der Waals surface area contributed by atoms with E-state index in [0.29, 0.717) is 29.4 Å². The number of aromatic nitrogens is 5. The maximum absolute atomic E-state index is 13.1. The van der Waals surface area contributed by atoms with Crippen molar-refractivity contribution < 1.29 is 17.2 Å². The van der Waals surface area contributed by atoms with Crippen molar-refractivity contribution in [2.45, 2.75) is 31.2 Å². The molecule has 4 heterocycles. The van der Waals surface area contributed by atoms with Gasteiger partial charge in [0, 0.05) is 24.7 Å². The maximum atomic E-state index is 13.1. The van der Waals surface area contributed by atoms with Gasteiger partial charge in [-0.15, -0.1) is 0 Å². The van der Waals surface area contributed by atoms with E-state index in [0.717, 1.165) is 25.8 Å². The first-order valence-corrected chi connectivity index (χ1v) is 11.8. The first kappa shape index (κ1) is 20.2. The lowest BCUT2D eigenvalue weighted by Gasteiger charge is -2.24. The van der Waals surface area contributed by atoms with Gasteiger partial charge in [-0.3, -0.25) is 0 Å². The van der Waals surface area contributed by atoms with E-state index in [-0.39, 0.29) is 17.2 Å². The number of fused-ring (bicyclic) bond motifs is 1. The highest BCUT2D eigenvalue weighted by Gasteiger charge is 2.53. The third-order valence-electron chi connectivity index (χ3n) is 5.99. The van der Waals surface area contributed by atoms with Gasteiger partial charge in [0.15, 0.2) is 5.65 Å². The summed E-state index contributed by atoms with van der Waals surface area (Å²) in [6.45, 7) is 1.43. The molecular formula is C19H21F2N7O2S. The summed E-state index contributed by atoms with van der Waals surface area (Å²) in [6.07, 6.45) is 4.02. The zero-order valence-corrected chi connectivity index (χ0v) is 17.6. The molecule has 164 valence electrons. The highest BCUT2D eigenvalue weighted by molar-refractivity contribution is 7.88. The predicted octanol–water partition coefficient (Wildman–Crippen LogP) is 2.03. The monoisotopic (exact) mass is 449 g/mol. The van der Waals surface area contributed by atoms with Gasteiger partial charge < -0.3 is 4.90 Å². The number of rotatable bonds is 6. The van der Waals surface area contributed by atoms with Gasteiger partial charge in [0.1, 0.15) is 23.5 Å². The van der Waals surface area contributed by atoms with E-state index in [9.17, 15) is 17.2 Å². The van der Waals surface area contributed by atoms with Crippen LogP contribution in [0.3, 0.4) is 0 Å². The van der Waals surface area contributed by atoms with Crippen LogP contribution in [0.1, 0.15) is 31.4 Å². The van der Waals surface area contributed by atoms with Gasteiger partial charge in [-0.05, 0) is 37.3 Å². The summed E-state index contributed by atoms with van der Waals surface area (Å²) < 4.78 is 53.8. The van der Waals surface area contributed by atoms with Crippen LogP contribution in [0.15, 0.2) is 30.7 Å². The van der Waals surface area contributed by atoms with Crippen LogP contribution in [-0.2, 0) is 10.0 Å². The van der Waals surface area contributed by atoms with Crippen molar-refractivity contribution in [1.82, 2.24) is 29.3 Å². The number of anilines is 1. The minimum atomic E-state index is -3.27. The van der Waals surface area contributed by atoms with E-state index < -0.39 is 16.4 Å².